The van der Waals surface area contributed by atoms with Gasteiger partial charge >= 0.3 is 5.97 Å². The van der Waals surface area contributed by atoms with Gasteiger partial charge in [-0.05, 0) is 52.9 Å². The highest BCUT2D eigenvalue weighted by molar-refractivity contribution is 9.10. The molecule has 1 fully saturated rings. The van der Waals surface area contributed by atoms with Crippen molar-refractivity contribution in [1.82, 2.24) is 4.31 Å². The van der Waals surface area contributed by atoms with Crippen LogP contribution >= 0.6 is 15.9 Å². The average molecular weight is 362 g/mol. The number of piperidine rings is 1. The van der Waals surface area contributed by atoms with Gasteiger partial charge in [0.05, 0.1) is 10.5 Å². The Hall–Kier alpha value is -0.920. The summed E-state index contributed by atoms with van der Waals surface area (Å²) in [5.74, 6) is -0.819. The Balaban J connectivity index is 2.43. The molecule has 1 aromatic carbocycles. The number of sulfonamides is 1. The molecule has 0 aromatic heterocycles. The Bertz CT molecular complexity index is 629. The van der Waals surface area contributed by atoms with Gasteiger partial charge in [-0.3, -0.25) is 0 Å². The van der Waals surface area contributed by atoms with Crippen molar-refractivity contribution in [3.8, 4) is 0 Å². The molecule has 1 saturated heterocycles. The molecule has 1 aliphatic rings. The van der Waals surface area contributed by atoms with Crippen molar-refractivity contribution in [3.05, 3.63) is 28.2 Å². The lowest BCUT2D eigenvalue weighted by Gasteiger charge is -2.30. The summed E-state index contributed by atoms with van der Waals surface area (Å²) in [6.45, 7) is 2.98. The molecule has 2 rings (SSSR count). The number of rotatable bonds is 3. The zero-order valence-corrected chi connectivity index (χ0v) is 13.4. The number of nitrogens with zero attached hydrogens (tertiary/aromatic N) is 1. The fraction of sp³-hybridized carbons (Fsp3) is 0.462. The zero-order chi connectivity index (χ0) is 14.9. The lowest BCUT2D eigenvalue weighted by Crippen LogP contribution is -2.39. The molecule has 0 amide bonds. The van der Waals surface area contributed by atoms with Gasteiger partial charge in [0, 0.05) is 17.6 Å². The molecular formula is C13H16BrNO4S. The third-order valence-electron chi connectivity index (χ3n) is 3.42. The van der Waals surface area contributed by atoms with Crippen molar-refractivity contribution in [2.45, 2.75) is 24.7 Å². The van der Waals surface area contributed by atoms with E-state index in [4.69, 9.17) is 5.11 Å². The van der Waals surface area contributed by atoms with Crippen molar-refractivity contribution in [3.63, 3.8) is 0 Å². The highest BCUT2D eigenvalue weighted by Crippen LogP contribution is 2.29. The van der Waals surface area contributed by atoms with Gasteiger partial charge in [-0.2, -0.15) is 4.31 Å². The summed E-state index contributed by atoms with van der Waals surface area (Å²) in [7, 11) is -3.66. The first-order valence-corrected chi connectivity index (χ1v) is 8.58. The maximum atomic E-state index is 12.6. The third-order valence-corrected chi connectivity index (χ3v) is 6.27. The monoisotopic (exact) mass is 361 g/mol. The second-order valence-electron chi connectivity index (χ2n) is 5.06. The van der Waals surface area contributed by atoms with Crippen LogP contribution in [-0.4, -0.2) is 36.9 Å². The van der Waals surface area contributed by atoms with Crippen molar-refractivity contribution >= 4 is 31.9 Å². The van der Waals surface area contributed by atoms with Crippen molar-refractivity contribution in [2.75, 3.05) is 13.1 Å². The second-order valence-corrected chi connectivity index (χ2v) is 7.82. The summed E-state index contributed by atoms with van der Waals surface area (Å²) in [6, 6.07) is 4.05. The van der Waals surface area contributed by atoms with Gasteiger partial charge in [-0.15, -0.1) is 0 Å². The highest BCUT2D eigenvalue weighted by atomic mass is 79.9. The van der Waals surface area contributed by atoms with Crippen LogP contribution in [0.5, 0.6) is 0 Å². The summed E-state index contributed by atoms with van der Waals surface area (Å²) in [6.07, 6.45) is 1.85. The summed E-state index contributed by atoms with van der Waals surface area (Å²) >= 11 is 3.20. The molecule has 1 atom stereocenters. The van der Waals surface area contributed by atoms with Crippen molar-refractivity contribution in [1.29, 1.82) is 0 Å². The maximum Gasteiger partial charge on any atom is 0.335 e. The van der Waals surface area contributed by atoms with Crippen molar-refractivity contribution < 1.29 is 18.3 Å². The van der Waals surface area contributed by atoms with E-state index in [1.54, 1.807) is 0 Å². The standard InChI is InChI=1S/C13H16BrNO4S/c1-9-3-2-6-15(8-9)20(18,19)12-7-10(13(16)17)4-5-11(12)14/h4-5,7,9H,2-3,6,8H2,1H3,(H,16,17). The Morgan fingerprint density at radius 1 is 1.45 bits per heavy atom. The number of carbonyl (C=O) groups is 1. The molecule has 0 radical (unpaired) electrons. The molecule has 1 aliphatic heterocycles. The van der Waals surface area contributed by atoms with Gasteiger partial charge in [0.2, 0.25) is 10.0 Å². The summed E-state index contributed by atoms with van der Waals surface area (Å²) in [5, 5.41) is 8.99. The summed E-state index contributed by atoms with van der Waals surface area (Å²) in [5.41, 5.74) is -0.0307. The maximum absolute atomic E-state index is 12.6. The van der Waals surface area contributed by atoms with Gasteiger partial charge in [0.1, 0.15) is 0 Å². The molecule has 0 bridgehead atoms. The molecule has 7 heteroatoms. The molecule has 1 aromatic rings. The lowest BCUT2D eigenvalue weighted by atomic mass is 10.0. The quantitative estimate of drug-likeness (QED) is 0.897. The first kappa shape index (κ1) is 15.5. The number of benzene rings is 1. The second kappa shape index (κ2) is 5.83. The topological polar surface area (TPSA) is 74.7 Å². The van der Waals surface area contributed by atoms with E-state index in [1.165, 1.54) is 22.5 Å². The van der Waals surface area contributed by atoms with Gasteiger partial charge in [-0.25, -0.2) is 13.2 Å². The van der Waals surface area contributed by atoms with Gasteiger partial charge in [-0.1, -0.05) is 6.92 Å². The third kappa shape index (κ3) is 3.05. The van der Waals surface area contributed by atoms with Crippen LogP contribution in [0.15, 0.2) is 27.6 Å². The van der Waals surface area contributed by atoms with E-state index in [0.717, 1.165) is 12.8 Å². The van der Waals surface area contributed by atoms with E-state index in [2.05, 4.69) is 15.9 Å². The van der Waals surface area contributed by atoms with Crippen LogP contribution in [-0.2, 0) is 10.0 Å². The zero-order valence-electron chi connectivity index (χ0n) is 11.0. The van der Waals surface area contributed by atoms with E-state index in [0.29, 0.717) is 23.5 Å². The largest absolute Gasteiger partial charge is 0.478 e. The molecule has 0 spiro atoms. The van der Waals surface area contributed by atoms with E-state index < -0.39 is 16.0 Å². The fourth-order valence-electron chi connectivity index (χ4n) is 2.34. The van der Waals surface area contributed by atoms with Gasteiger partial charge in [0.25, 0.3) is 0 Å². The fourth-order valence-corrected chi connectivity index (χ4v) is 4.89. The molecule has 0 aliphatic carbocycles. The molecule has 1 N–H and O–H groups in total. The predicted octanol–water partition coefficient (Wildman–Crippen LogP) is 2.57. The molecule has 0 saturated carbocycles. The molecule has 110 valence electrons. The Morgan fingerprint density at radius 2 is 2.15 bits per heavy atom. The van der Waals surface area contributed by atoms with E-state index in [9.17, 15) is 13.2 Å². The summed E-state index contributed by atoms with van der Waals surface area (Å²) in [4.78, 5) is 11.0. The summed E-state index contributed by atoms with van der Waals surface area (Å²) < 4.78 is 27.1. The minimum absolute atomic E-state index is 0.0199. The average Bonchev–Trinajstić information content (AvgIpc) is 2.38. The van der Waals surface area contributed by atoms with Gasteiger partial charge < -0.3 is 5.11 Å². The first-order chi connectivity index (χ1) is 9.32. The lowest BCUT2D eigenvalue weighted by molar-refractivity contribution is 0.0696. The molecule has 5 nitrogen and oxygen atoms in total. The normalized spacial score (nSPS) is 20.8. The number of aromatic carboxylic acids is 1. The number of carboxylic acids is 1. The van der Waals surface area contributed by atoms with E-state index in [1.807, 2.05) is 6.92 Å². The molecular weight excluding hydrogens is 346 g/mol. The van der Waals surface area contributed by atoms with Crippen LogP contribution < -0.4 is 0 Å². The minimum Gasteiger partial charge on any atom is -0.478 e. The highest BCUT2D eigenvalue weighted by Gasteiger charge is 2.30. The first-order valence-electron chi connectivity index (χ1n) is 6.35. The van der Waals surface area contributed by atoms with Crippen LogP contribution in [0, 0.1) is 5.92 Å². The van der Waals surface area contributed by atoms with Gasteiger partial charge in [0.15, 0.2) is 0 Å². The van der Waals surface area contributed by atoms with Crippen molar-refractivity contribution in [2.24, 2.45) is 5.92 Å². The Labute approximate surface area is 126 Å². The van der Waals surface area contributed by atoms with Crippen LogP contribution in [0.4, 0.5) is 0 Å². The number of halogens is 1. The van der Waals surface area contributed by atoms with Crippen LogP contribution in [0.3, 0.4) is 0 Å². The molecule has 1 unspecified atom stereocenters. The van der Waals surface area contributed by atoms with Crippen LogP contribution in [0.1, 0.15) is 30.1 Å². The molecule has 20 heavy (non-hydrogen) atoms. The minimum atomic E-state index is -3.66. The van der Waals surface area contributed by atoms with Crippen LogP contribution in [0.25, 0.3) is 0 Å². The Kier molecular flexibility index (Phi) is 4.51. The number of hydrogen-bond donors (Lipinski definition) is 1. The predicted molar refractivity (Wildman–Crippen MR) is 78.3 cm³/mol. The SMILES string of the molecule is CC1CCCN(S(=O)(=O)c2cc(C(=O)O)ccc2Br)C1. The number of hydrogen-bond acceptors (Lipinski definition) is 3. The molecule has 1 heterocycles. The van der Waals surface area contributed by atoms with Crippen LogP contribution in [0.2, 0.25) is 0 Å². The Morgan fingerprint density at radius 3 is 2.75 bits per heavy atom. The number of carboxylic acid groups (broad SMARTS) is 1. The van der Waals surface area contributed by atoms with E-state index >= 15 is 0 Å². The smallest absolute Gasteiger partial charge is 0.335 e. The van der Waals surface area contributed by atoms with E-state index in [-0.39, 0.29) is 10.5 Å².